The smallest absolute Gasteiger partial charge is 0.309 e. The molecule has 8 heteroatoms. The Morgan fingerprint density at radius 1 is 1.03 bits per heavy atom. The number of likely N-dealkylation sites (tertiary alicyclic amines) is 1. The molecule has 0 bridgehead atoms. The first kappa shape index (κ1) is 22.8. The fourth-order valence-corrected chi connectivity index (χ4v) is 5.03. The number of carbonyl (C=O) groups is 2. The standard InChI is InChI=1S/C23H28N2O5S/c1-3-30-23(27)19-13-15-24(16-14-19)22(26)17-25(20-11-9-18(2)10-12-20)31(28,29)21-7-5-4-6-8-21/h4-12,19H,3,13-17H2,1-2H3. The van der Waals surface area contributed by atoms with Crippen molar-refractivity contribution in [3.8, 4) is 0 Å². The second-order valence-corrected chi connectivity index (χ2v) is 9.43. The molecule has 2 aromatic rings. The summed E-state index contributed by atoms with van der Waals surface area (Å²) in [5.74, 6) is -0.741. The third-order valence-corrected chi connectivity index (χ3v) is 7.19. The summed E-state index contributed by atoms with van der Waals surface area (Å²) in [6.45, 7) is 4.51. The fourth-order valence-electron chi connectivity index (χ4n) is 3.59. The fraction of sp³-hybridized carbons (Fsp3) is 0.391. The molecule has 7 nitrogen and oxygen atoms in total. The summed E-state index contributed by atoms with van der Waals surface area (Å²) in [7, 11) is -3.92. The van der Waals surface area contributed by atoms with E-state index in [1.165, 1.54) is 12.1 Å². The number of nitrogens with zero attached hydrogens (tertiary/aromatic N) is 2. The van der Waals surface area contributed by atoms with E-state index in [0.717, 1.165) is 9.87 Å². The summed E-state index contributed by atoms with van der Waals surface area (Å²) in [4.78, 5) is 26.7. The predicted molar refractivity (Wildman–Crippen MR) is 118 cm³/mol. The highest BCUT2D eigenvalue weighted by Gasteiger charge is 2.32. The van der Waals surface area contributed by atoms with Crippen LogP contribution in [0.25, 0.3) is 0 Å². The largest absolute Gasteiger partial charge is 0.466 e. The van der Waals surface area contributed by atoms with Gasteiger partial charge in [-0.15, -0.1) is 0 Å². The number of piperidine rings is 1. The summed E-state index contributed by atoms with van der Waals surface area (Å²) in [6, 6.07) is 15.1. The lowest BCUT2D eigenvalue weighted by atomic mass is 9.97. The summed E-state index contributed by atoms with van der Waals surface area (Å²) < 4.78 is 32.9. The molecule has 1 aliphatic rings. The van der Waals surface area contributed by atoms with Crippen LogP contribution in [0.2, 0.25) is 0 Å². The van der Waals surface area contributed by atoms with Crippen LogP contribution >= 0.6 is 0 Å². The van der Waals surface area contributed by atoms with E-state index in [4.69, 9.17) is 4.74 Å². The zero-order chi connectivity index (χ0) is 22.4. The maximum absolute atomic E-state index is 13.3. The number of aryl methyl sites for hydroxylation is 1. The van der Waals surface area contributed by atoms with Crippen LogP contribution in [0, 0.1) is 12.8 Å². The monoisotopic (exact) mass is 444 g/mol. The molecule has 1 saturated heterocycles. The third-order valence-electron chi connectivity index (χ3n) is 5.40. The summed E-state index contributed by atoms with van der Waals surface area (Å²) >= 11 is 0. The van der Waals surface area contributed by atoms with E-state index in [1.54, 1.807) is 42.2 Å². The minimum atomic E-state index is -3.92. The number of anilines is 1. The maximum Gasteiger partial charge on any atom is 0.309 e. The predicted octanol–water partition coefficient (Wildman–Crippen LogP) is 2.99. The van der Waals surface area contributed by atoms with Gasteiger partial charge in [0.2, 0.25) is 5.91 Å². The van der Waals surface area contributed by atoms with Gasteiger partial charge in [0.1, 0.15) is 6.54 Å². The number of esters is 1. The highest BCUT2D eigenvalue weighted by atomic mass is 32.2. The van der Waals surface area contributed by atoms with Gasteiger partial charge in [0.25, 0.3) is 10.0 Å². The first-order chi connectivity index (χ1) is 14.8. The maximum atomic E-state index is 13.3. The molecule has 1 aliphatic heterocycles. The number of hydrogen-bond acceptors (Lipinski definition) is 5. The van der Waals surface area contributed by atoms with Crippen LogP contribution in [-0.4, -0.2) is 51.4 Å². The molecule has 0 radical (unpaired) electrons. The van der Waals surface area contributed by atoms with Crippen molar-refractivity contribution in [3.63, 3.8) is 0 Å². The third kappa shape index (κ3) is 5.44. The molecule has 0 unspecified atom stereocenters. The van der Waals surface area contributed by atoms with Crippen LogP contribution in [0.1, 0.15) is 25.3 Å². The number of rotatable bonds is 7. The molecule has 31 heavy (non-hydrogen) atoms. The molecule has 1 amide bonds. The molecule has 0 N–H and O–H groups in total. The molecular weight excluding hydrogens is 416 g/mol. The molecule has 166 valence electrons. The summed E-state index contributed by atoms with van der Waals surface area (Å²) in [5, 5.41) is 0. The summed E-state index contributed by atoms with van der Waals surface area (Å²) in [5.41, 5.74) is 1.43. The van der Waals surface area contributed by atoms with E-state index in [9.17, 15) is 18.0 Å². The lowest BCUT2D eigenvalue weighted by molar-refractivity contribution is -0.151. The van der Waals surface area contributed by atoms with Crippen LogP contribution < -0.4 is 4.31 Å². The molecule has 0 spiro atoms. The van der Waals surface area contributed by atoms with E-state index in [0.29, 0.717) is 38.2 Å². The van der Waals surface area contributed by atoms with Crippen molar-refractivity contribution in [3.05, 3.63) is 60.2 Å². The Balaban J connectivity index is 1.79. The molecule has 2 aromatic carbocycles. The first-order valence-corrected chi connectivity index (χ1v) is 11.9. The average molecular weight is 445 g/mol. The zero-order valence-corrected chi connectivity index (χ0v) is 18.7. The molecule has 0 aliphatic carbocycles. The molecule has 3 rings (SSSR count). The average Bonchev–Trinajstić information content (AvgIpc) is 2.79. The van der Waals surface area contributed by atoms with Crippen LogP contribution in [0.4, 0.5) is 5.69 Å². The number of ether oxygens (including phenoxy) is 1. The Morgan fingerprint density at radius 3 is 2.23 bits per heavy atom. The Kier molecular flexibility index (Phi) is 7.33. The lowest BCUT2D eigenvalue weighted by Crippen LogP contribution is -2.46. The van der Waals surface area contributed by atoms with E-state index in [1.807, 2.05) is 19.1 Å². The number of sulfonamides is 1. The molecule has 0 aromatic heterocycles. The van der Waals surface area contributed by atoms with Gasteiger partial charge in [-0.25, -0.2) is 8.42 Å². The quantitative estimate of drug-likeness (QED) is 0.613. The van der Waals surface area contributed by atoms with E-state index in [2.05, 4.69) is 0 Å². The minimum absolute atomic E-state index is 0.129. The molecule has 0 saturated carbocycles. The SMILES string of the molecule is CCOC(=O)C1CCN(C(=O)CN(c2ccc(C)cc2)S(=O)(=O)c2ccccc2)CC1. The number of amides is 1. The van der Waals surface area contributed by atoms with Gasteiger partial charge in [-0.3, -0.25) is 13.9 Å². The van der Waals surface area contributed by atoms with Crippen molar-refractivity contribution in [1.82, 2.24) is 4.90 Å². The van der Waals surface area contributed by atoms with Crippen LogP contribution in [0.3, 0.4) is 0 Å². The van der Waals surface area contributed by atoms with E-state index < -0.39 is 10.0 Å². The Hall–Kier alpha value is -2.87. The van der Waals surface area contributed by atoms with Crippen molar-refractivity contribution in [2.24, 2.45) is 5.92 Å². The summed E-state index contributed by atoms with van der Waals surface area (Å²) in [6.07, 6.45) is 1.03. The Morgan fingerprint density at radius 2 is 1.65 bits per heavy atom. The van der Waals surface area contributed by atoms with Crippen LogP contribution in [0.5, 0.6) is 0 Å². The van der Waals surface area contributed by atoms with Crippen molar-refractivity contribution < 1.29 is 22.7 Å². The van der Waals surface area contributed by atoms with Crippen molar-refractivity contribution in [2.45, 2.75) is 31.6 Å². The normalized spacial score (nSPS) is 14.8. The highest BCUT2D eigenvalue weighted by molar-refractivity contribution is 7.92. The second-order valence-electron chi connectivity index (χ2n) is 7.57. The van der Waals surface area contributed by atoms with Gasteiger partial charge in [0.05, 0.1) is 23.1 Å². The second kappa shape index (κ2) is 9.96. The van der Waals surface area contributed by atoms with E-state index >= 15 is 0 Å². The van der Waals surface area contributed by atoms with Crippen molar-refractivity contribution >= 4 is 27.6 Å². The minimum Gasteiger partial charge on any atom is -0.466 e. The van der Waals surface area contributed by atoms with Crippen LogP contribution in [-0.2, 0) is 24.3 Å². The first-order valence-electron chi connectivity index (χ1n) is 10.4. The Labute approximate surface area is 183 Å². The number of benzene rings is 2. The van der Waals surface area contributed by atoms with Crippen molar-refractivity contribution in [2.75, 3.05) is 30.5 Å². The molecule has 1 fully saturated rings. The van der Waals surface area contributed by atoms with Gasteiger partial charge < -0.3 is 9.64 Å². The Bertz CT molecular complexity index is 998. The van der Waals surface area contributed by atoms with Gasteiger partial charge in [0.15, 0.2) is 0 Å². The topological polar surface area (TPSA) is 84.0 Å². The molecular formula is C23H28N2O5S. The lowest BCUT2D eigenvalue weighted by Gasteiger charge is -2.33. The zero-order valence-electron chi connectivity index (χ0n) is 17.9. The van der Waals surface area contributed by atoms with Gasteiger partial charge in [-0.2, -0.15) is 0 Å². The molecule has 0 atom stereocenters. The van der Waals surface area contributed by atoms with Crippen LogP contribution in [0.15, 0.2) is 59.5 Å². The van der Waals surface area contributed by atoms with Gasteiger partial charge in [0, 0.05) is 13.1 Å². The van der Waals surface area contributed by atoms with Crippen molar-refractivity contribution in [1.29, 1.82) is 0 Å². The highest BCUT2D eigenvalue weighted by Crippen LogP contribution is 2.25. The van der Waals surface area contributed by atoms with E-state index in [-0.39, 0.29) is 29.2 Å². The number of hydrogen-bond donors (Lipinski definition) is 0. The van der Waals surface area contributed by atoms with Gasteiger partial charge in [-0.1, -0.05) is 35.9 Å². The van der Waals surface area contributed by atoms with Gasteiger partial charge >= 0.3 is 5.97 Å². The molecule has 1 heterocycles. The van der Waals surface area contributed by atoms with Gasteiger partial charge in [-0.05, 0) is 51.0 Å². The number of carbonyl (C=O) groups excluding carboxylic acids is 2.